The highest BCUT2D eigenvalue weighted by molar-refractivity contribution is 9.10. The Morgan fingerprint density at radius 3 is 2.76 bits per heavy atom. The van der Waals surface area contributed by atoms with E-state index < -0.39 is 0 Å². The fourth-order valence-corrected chi connectivity index (χ4v) is 2.75. The summed E-state index contributed by atoms with van der Waals surface area (Å²) in [7, 11) is 0. The second kappa shape index (κ2) is 7.27. The Balaban J connectivity index is 2.21. The lowest BCUT2D eigenvalue weighted by Crippen LogP contribution is -2.37. The van der Waals surface area contributed by atoms with Gasteiger partial charge in [0.15, 0.2) is 0 Å². The third-order valence-electron chi connectivity index (χ3n) is 3.48. The minimum absolute atomic E-state index is 0.255. The fraction of sp³-hybridized carbons (Fsp3) is 0.562. The average molecular weight is 354 g/mol. The number of carbonyl (C=O) groups excluding carboxylic acids is 1. The van der Waals surface area contributed by atoms with Gasteiger partial charge in [-0.2, -0.15) is 0 Å². The molecule has 0 spiro atoms. The lowest BCUT2D eigenvalue weighted by molar-refractivity contribution is -0.116. The van der Waals surface area contributed by atoms with E-state index in [1.807, 2.05) is 6.07 Å². The van der Waals surface area contributed by atoms with Crippen molar-refractivity contribution in [2.75, 3.05) is 18.0 Å². The molecule has 0 unspecified atom stereocenters. The number of hydrogen-bond acceptors (Lipinski definition) is 3. The summed E-state index contributed by atoms with van der Waals surface area (Å²) in [6.45, 7) is 6.20. The largest absolute Gasteiger partial charge is 0.368 e. The number of anilines is 1. The maximum Gasteiger partial charge on any atom is 0.236 e. The van der Waals surface area contributed by atoms with E-state index in [0.717, 1.165) is 23.2 Å². The summed E-state index contributed by atoms with van der Waals surface area (Å²) in [5.41, 5.74) is 7.72. The monoisotopic (exact) mass is 353 g/mol. The Morgan fingerprint density at radius 1 is 1.48 bits per heavy atom. The molecule has 1 aromatic rings. The molecule has 0 atom stereocenters. The van der Waals surface area contributed by atoms with Gasteiger partial charge >= 0.3 is 0 Å². The van der Waals surface area contributed by atoms with Crippen LogP contribution in [0.2, 0.25) is 0 Å². The highest BCUT2D eigenvalue weighted by Crippen LogP contribution is 2.27. The summed E-state index contributed by atoms with van der Waals surface area (Å²) in [6, 6.07) is 6.90. The van der Waals surface area contributed by atoms with Gasteiger partial charge in [-0.25, -0.2) is 0 Å². The van der Waals surface area contributed by atoms with Crippen LogP contribution in [-0.4, -0.2) is 25.0 Å². The molecule has 116 valence electrons. The van der Waals surface area contributed by atoms with Crippen LogP contribution in [0.5, 0.6) is 0 Å². The first kappa shape index (κ1) is 16.3. The number of benzene rings is 1. The van der Waals surface area contributed by atoms with Crippen LogP contribution in [0.15, 0.2) is 22.7 Å². The molecule has 1 saturated carbocycles. The molecule has 2 rings (SSSR count). The van der Waals surface area contributed by atoms with Gasteiger partial charge in [-0.05, 0) is 36.5 Å². The van der Waals surface area contributed by atoms with Crippen LogP contribution >= 0.6 is 15.9 Å². The Hall–Kier alpha value is -1.07. The molecule has 1 aliphatic rings. The summed E-state index contributed by atoms with van der Waals surface area (Å²) in [5, 5.41) is 3.54. The fourth-order valence-electron chi connectivity index (χ4n) is 2.40. The number of primary amides is 1. The Kier molecular flexibility index (Phi) is 5.65. The van der Waals surface area contributed by atoms with E-state index in [1.165, 1.54) is 18.4 Å². The maximum absolute atomic E-state index is 11.4. The standard InChI is InChI=1S/C16H24BrN3O/c1-11(2)9-20(10-16(18)21)15-7-13(17)4-3-12(15)8-19-14-5-6-14/h3-4,7,11,14,19H,5-6,8-10H2,1-2H3,(H2,18,21). The summed E-state index contributed by atoms with van der Waals surface area (Å²) >= 11 is 3.53. The molecule has 5 heteroatoms. The summed E-state index contributed by atoms with van der Waals surface area (Å²) in [6.07, 6.45) is 2.53. The molecule has 1 aromatic carbocycles. The van der Waals surface area contributed by atoms with Gasteiger partial charge in [0.2, 0.25) is 5.91 Å². The Morgan fingerprint density at radius 2 is 2.19 bits per heavy atom. The van der Waals surface area contributed by atoms with E-state index in [0.29, 0.717) is 12.0 Å². The molecular formula is C16H24BrN3O. The second-order valence-corrected chi connectivity index (χ2v) is 7.08. The van der Waals surface area contributed by atoms with Crippen molar-refractivity contribution >= 4 is 27.5 Å². The quantitative estimate of drug-likeness (QED) is 0.755. The number of rotatable bonds is 8. The van der Waals surface area contributed by atoms with E-state index in [2.05, 4.69) is 52.1 Å². The Bertz CT molecular complexity index is 500. The molecule has 0 aliphatic heterocycles. The van der Waals surface area contributed by atoms with E-state index in [1.54, 1.807) is 0 Å². The zero-order chi connectivity index (χ0) is 15.4. The van der Waals surface area contributed by atoms with Crippen LogP contribution in [0.25, 0.3) is 0 Å². The number of halogens is 1. The van der Waals surface area contributed by atoms with Crippen LogP contribution in [-0.2, 0) is 11.3 Å². The normalized spacial score (nSPS) is 14.5. The molecule has 0 saturated heterocycles. The molecule has 0 heterocycles. The van der Waals surface area contributed by atoms with E-state index in [9.17, 15) is 4.79 Å². The van der Waals surface area contributed by atoms with Crippen molar-refractivity contribution in [2.45, 2.75) is 39.3 Å². The first-order valence-electron chi connectivity index (χ1n) is 7.50. The van der Waals surface area contributed by atoms with Gasteiger partial charge in [-0.1, -0.05) is 35.8 Å². The topological polar surface area (TPSA) is 58.4 Å². The maximum atomic E-state index is 11.4. The van der Waals surface area contributed by atoms with Gasteiger partial charge < -0.3 is 16.0 Å². The highest BCUT2D eigenvalue weighted by atomic mass is 79.9. The number of amides is 1. The number of nitrogens with two attached hydrogens (primary N) is 1. The van der Waals surface area contributed by atoms with Crippen LogP contribution in [0.4, 0.5) is 5.69 Å². The smallest absolute Gasteiger partial charge is 0.236 e. The number of hydrogen-bond donors (Lipinski definition) is 2. The van der Waals surface area contributed by atoms with Gasteiger partial charge in [-0.15, -0.1) is 0 Å². The summed E-state index contributed by atoms with van der Waals surface area (Å²) in [5.74, 6) is 0.171. The first-order chi connectivity index (χ1) is 9.95. The molecule has 4 nitrogen and oxygen atoms in total. The predicted octanol–water partition coefficient (Wildman–Crippen LogP) is 2.65. The lowest BCUT2D eigenvalue weighted by atomic mass is 10.1. The highest BCUT2D eigenvalue weighted by Gasteiger charge is 2.21. The van der Waals surface area contributed by atoms with Crippen molar-refractivity contribution in [2.24, 2.45) is 11.7 Å². The SMILES string of the molecule is CC(C)CN(CC(N)=O)c1cc(Br)ccc1CNC1CC1. The van der Waals surface area contributed by atoms with Gasteiger partial charge in [0.05, 0.1) is 6.54 Å². The summed E-state index contributed by atoms with van der Waals surface area (Å²) < 4.78 is 1.02. The third-order valence-corrected chi connectivity index (χ3v) is 3.97. The molecule has 0 bridgehead atoms. The molecule has 0 radical (unpaired) electrons. The minimum Gasteiger partial charge on any atom is -0.368 e. The van der Waals surface area contributed by atoms with E-state index >= 15 is 0 Å². The van der Waals surface area contributed by atoms with Crippen molar-refractivity contribution in [3.63, 3.8) is 0 Å². The van der Waals surface area contributed by atoms with Crippen LogP contribution in [0.1, 0.15) is 32.3 Å². The summed E-state index contributed by atoms with van der Waals surface area (Å²) in [4.78, 5) is 13.5. The number of nitrogens with one attached hydrogen (secondary N) is 1. The molecule has 1 fully saturated rings. The van der Waals surface area contributed by atoms with Crippen molar-refractivity contribution in [1.82, 2.24) is 5.32 Å². The van der Waals surface area contributed by atoms with Crippen LogP contribution in [0.3, 0.4) is 0 Å². The molecule has 0 aromatic heterocycles. The van der Waals surface area contributed by atoms with Gasteiger partial charge in [-0.3, -0.25) is 4.79 Å². The lowest BCUT2D eigenvalue weighted by Gasteiger charge is -2.28. The number of nitrogens with zero attached hydrogens (tertiary/aromatic N) is 1. The molecule has 3 N–H and O–H groups in total. The van der Waals surface area contributed by atoms with E-state index in [-0.39, 0.29) is 12.5 Å². The van der Waals surface area contributed by atoms with Crippen molar-refractivity contribution in [3.05, 3.63) is 28.2 Å². The minimum atomic E-state index is -0.295. The van der Waals surface area contributed by atoms with Crippen molar-refractivity contribution < 1.29 is 4.79 Å². The second-order valence-electron chi connectivity index (χ2n) is 6.17. The van der Waals surface area contributed by atoms with E-state index in [4.69, 9.17) is 5.73 Å². The van der Waals surface area contributed by atoms with Gasteiger partial charge in [0.1, 0.15) is 0 Å². The van der Waals surface area contributed by atoms with Crippen LogP contribution in [0, 0.1) is 5.92 Å². The van der Waals surface area contributed by atoms with Crippen LogP contribution < -0.4 is 16.0 Å². The predicted molar refractivity (Wildman–Crippen MR) is 90.2 cm³/mol. The molecule has 1 amide bonds. The number of carbonyl (C=O) groups is 1. The molecule has 1 aliphatic carbocycles. The van der Waals surface area contributed by atoms with Crippen molar-refractivity contribution in [3.8, 4) is 0 Å². The van der Waals surface area contributed by atoms with Crippen molar-refractivity contribution in [1.29, 1.82) is 0 Å². The zero-order valence-electron chi connectivity index (χ0n) is 12.7. The first-order valence-corrected chi connectivity index (χ1v) is 8.30. The average Bonchev–Trinajstić information content (AvgIpc) is 3.19. The molecule has 21 heavy (non-hydrogen) atoms. The Labute approximate surface area is 135 Å². The zero-order valence-corrected chi connectivity index (χ0v) is 14.3. The van der Waals surface area contributed by atoms with Gasteiger partial charge in [0, 0.05) is 29.3 Å². The molecular weight excluding hydrogens is 330 g/mol. The van der Waals surface area contributed by atoms with Gasteiger partial charge in [0.25, 0.3) is 0 Å². The third kappa shape index (κ3) is 5.32.